The standard InChI is InChI=1S/C24H32N4O3/c1-5-19-7-9-20(10-8-19)17(3)25-23(30)15-28(6-2)16-24(31)27-22-13-11-21(12-14-22)26-18(4)29/h7-14,17H,5-6,15-16H2,1-4H3,(H,25,30)(H,26,29)(H,27,31)/p+1/t17-/m0/s1. The van der Waals surface area contributed by atoms with Crippen molar-refractivity contribution in [2.45, 2.75) is 40.2 Å². The largest absolute Gasteiger partial charge is 0.345 e. The second-order valence-electron chi connectivity index (χ2n) is 7.65. The van der Waals surface area contributed by atoms with Crippen LogP contribution in [0.4, 0.5) is 11.4 Å². The number of nitrogens with one attached hydrogen (secondary N) is 4. The second kappa shape index (κ2) is 11.9. The van der Waals surface area contributed by atoms with Gasteiger partial charge in [0.25, 0.3) is 11.8 Å². The van der Waals surface area contributed by atoms with Crippen LogP contribution in [-0.4, -0.2) is 37.4 Å². The summed E-state index contributed by atoms with van der Waals surface area (Å²) in [6.07, 6.45) is 0.983. The van der Waals surface area contributed by atoms with E-state index in [2.05, 4.69) is 35.0 Å². The van der Waals surface area contributed by atoms with Crippen molar-refractivity contribution < 1.29 is 19.3 Å². The third-order valence-electron chi connectivity index (χ3n) is 5.08. The summed E-state index contributed by atoms with van der Waals surface area (Å²) in [6, 6.07) is 15.1. The number of carbonyl (C=O) groups excluding carboxylic acids is 3. The van der Waals surface area contributed by atoms with E-state index in [1.165, 1.54) is 12.5 Å². The molecule has 2 aromatic rings. The van der Waals surface area contributed by atoms with Crippen LogP contribution in [-0.2, 0) is 20.8 Å². The van der Waals surface area contributed by atoms with Crippen molar-refractivity contribution in [2.75, 3.05) is 30.3 Å². The Morgan fingerprint density at radius 1 is 0.839 bits per heavy atom. The number of carbonyl (C=O) groups is 3. The molecule has 0 aliphatic heterocycles. The van der Waals surface area contributed by atoms with E-state index in [0.717, 1.165) is 16.9 Å². The zero-order chi connectivity index (χ0) is 22.8. The summed E-state index contributed by atoms with van der Waals surface area (Å²) >= 11 is 0. The highest BCUT2D eigenvalue weighted by Gasteiger charge is 2.18. The van der Waals surface area contributed by atoms with E-state index in [1.54, 1.807) is 24.3 Å². The number of hydrogen-bond acceptors (Lipinski definition) is 3. The van der Waals surface area contributed by atoms with E-state index >= 15 is 0 Å². The zero-order valence-corrected chi connectivity index (χ0v) is 18.7. The minimum atomic E-state index is -0.167. The van der Waals surface area contributed by atoms with Crippen molar-refractivity contribution in [1.82, 2.24) is 5.32 Å². The minimum Gasteiger partial charge on any atom is -0.345 e. The van der Waals surface area contributed by atoms with Gasteiger partial charge in [-0.2, -0.15) is 0 Å². The molecule has 0 fully saturated rings. The number of anilines is 2. The Balaban J connectivity index is 1.83. The molecule has 31 heavy (non-hydrogen) atoms. The molecule has 0 heterocycles. The summed E-state index contributed by atoms with van der Waals surface area (Å²) in [5.74, 6) is -0.402. The van der Waals surface area contributed by atoms with Gasteiger partial charge in [-0.25, -0.2) is 0 Å². The minimum absolute atomic E-state index is 0.0867. The smallest absolute Gasteiger partial charge is 0.279 e. The number of quaternary nitrogens is 1. The lowest BCUT2D eigenvalue weighted by atomic mass is 10.1. The van der Waals surface area contributed by atoms with E-state index in [1.807, 2.05) is 26.0 Å². The average Bonchev–Trinajstić information content (AvgIpc) is 2.74. The van der Waals surface area contributed by atoms with Crippen LogP contribution in [0, 0.1) is 0 Å². The number of likely N-dealkylation sites (N-methyl/N-ethyl adjacent to an activating group) is 1. The lowest BCUT2D eigenvalue weighted by molar-refractivity contribution is -0.881. The number of aryl methyl sites for hydroxylation is 1. The molecule has 0 saturated heterocycles. The fraction of sp³-hybridized carbons (Fsp3) is 0.375. The van der Waals surface area contributed by atoms with Gasteiger partial charge < -0.3 is 20.9 Å². The van der Waals surface area contributed by atoms with E-state index in [0.29, 0.717) is 17.9 Å². The van der Waals surface area contributed by atoms with Crippen LogP contribution >= 0.6 is 0 Å². The first kappa shape index (κ1) is 24.1. The van der Waals surface area contributed by atoms with Crippen molar-refractivity contribution in [1.29, 1.82) is 0 Å². The van der Waals surface area contributed by atoms with E-state index in [9.17, 15) is 14.4 Å². The first-order valence-corrected chi connectivity index (χ1v) is 10.7. The Hall–Kier alpha value is -3.19. The van der Waals surface area contributed by atoms with Gasteiger partial charge in [-0.1, -0.05) is 31.2 Å². The predicted molar refractivity (Wildman–Crippen MR) is 123 cm³/mol. The second-order valence-corrected chi connectivity index (χ2v) is 7.65. The van der Waals surface area contributed by atoms with Gasteiger partial charge in [-0.05, 0) is 55.7 Å². The van der Waals surface area contributed by atoms with Gasteiger partial charge in [0.15, 0.2) is 13.1 Å². The third-order valence-corrected chi connectivity index (χ3v) is 5.08. The topological polar surface area (TPSA) is 91.7 Å². The van der Waals surface area contributed by atoms with Gasteiger partial charge in [0.1, 0.15) is 0 Å². The monoisotopic (exact) mass is 425 g/mol. The summed E-state index contributed by atoms with van der Waals surface area (Å²) < 4.78 is 0. The van der Waals surface area contributed by atoms with Crippen LogP contribution in [0.25, 0.3) is 0 Å². The molecule has 0 bridgehead atoms. The molecule has 0 aromatic heterocycles. The zero-order valence-electron chi connectivity index (χ0n) is 18.7. The maximum absolute atomic E-state index is 12.5. The van der Waals surface area contributed by atoms with Gasteiger partial charge >= 0.3 is 0 Å². The molecule has 0 radical (unpaired) electrons. The average molecular weight is 426 g/mol. The summed E-state index contributed by atoms with van der Waals surface area (Å²) in [5, 5.41) is 8.53. The molecule has 4 N–H and O–H groups in total. The van der Waals surface area contributed by atoms with Crippen LogP contribution < -0.4 is 20.9 Å². The van der Waals surface area contributed by atoms with Crippen molar-refractivity contribution in [3.05, 3.63) is 59.7 Å². The fourth-order valence-electron chi connectivity index (χ4n) is 3.23. The van der Waals surface area contributed by atoms with E-state index < -0.39 is 0 Å². The SMILES string of the molecule is CCc1ccc([C@H](C)NC(=O)C[NH+](CC)CC(=O)Nc2ccc(NC(C)=O)cc2)cc1. The highest BCUT2D eigenvalue weighted by Crippen LogP contribution is 2.14. The lowest BCUT2D eigenvalue weighted by Gasteiger charge is -2.19. The highest BCUT2D eigenvalue weighted by atomic mass is 16.2. The molecule has 0 spiro atoms. The van der Waals surface area contributed by atoms with Crippen molar-refractivity contribution in [2.24, 2.45) is 0 Å². The molecule has 0 saturated carbocycles. The Morgan fingerprint density at radius 2 is 1.39 bits per heavy atom. The maximum Gasteiger partial charge on any atom is 0.279 e. The maximum atomic E-state index is 12.5. The van der Waals surface area contributed by atoms with Crippen LogP contribution in [0.5, 0.6) is 0 Å². The summed E-state index contributed by atoms with van der Waals surface area (Å²) in [6.45, 7) is 8.53. The molecular weight excluding hydrogens is 392 g/mol. The predicted octanol–water partition coefficient (Wildman–Crippen LogP) is 1.93. The van der Waals surface area contributed by atoms with Crippen LogP contribution in [0.15, 0.2) is 48.5 Å². The molecule has 2 aromatic carbocycles. The molecule has 7 heteroatoms. The normalized spacial score (nSPS) is 12.5. The molecule has 2 atom stereocenters. The van der Waals surface area contributed by atoms with Crippen LogP contribution in [0.3, 0.4) is 0 Å². The van der Waals surface area contributed by atoms with E-state index in [-0.39, 0.29) is 36.9 Å². The first-order chi connectivity index (χ1) is 14.8. The summed E-state index contributed by atoms with van der Waals surface area (Å²) in [5.41, 5.74) is 3.63. The third kappa shape index (κ3) is 8.22. The number of hydrogen-bond donors (Lipinski definition) is 4. The molecule has 1 unspecified atom stereocenters. The Morgan fingerprint density at radius 3 is 1.90 bits per heavy atom. The fourth-order valence-corrected chi connectivity index (χ4v) is 3.23. The van der Waals surface area contributed by atoms with E-state index in [4.69, 9.17) is 0 Å². The molecule has 166 valence electrons. The van der Waals surface area contributed by atoms with Gasteiger partial charge in [-0.3, -0.25) is 14.4 Å². The quantitative estimate of drug-likeness (QED) is 0.469. The van der Waals surface area contributed by atoms with Crippen LogP contribution in [0.1, 0.15) is 44.9 Å². The first-order valence-electron chi connectivity index (χ1n) is 10.7. The molecule has 0 aliphatic carbocycles. The molecule has 2 rings (SSSR count). The Labute approximate surface area is 184 Å². The molecule has 0 aliphatic rings. The number of rotatable bonds is 10. The summed E-state index contributed by atoms with van der Waals surface area (Å²) in [4.78, 5) is 36.8. The number of amides is 3. The number of benzene rings is 2. The highest BCUT2D eigenvalue weighted by molar-refractivity contribution is 5.92. The van der Waals surface area contributed by atoms with Crippen molar-refractivity contribution in [3.8, 4) is 0 Å². The van der Waals surface area contributed by atoms with Gasteiger partial charge in [0, 0.05) is 18.3 Å². The van der Waals surface area contributed by atoms with Crippen molar-refractivity contribution in [3.63, 3.8) is 0 Å². The Kier molecular flexibility index (Phi) is 9.21. The van der Waals surface area contributed by atoms with Gasteiger partial charge in [-0.15, -0.1) is 0 Å². The summed E-state index contributed by atoms with van der Waals surface area (Å²) in [7, 11) is 0. The van der Waals surface area contributed by atoms with Crippen LogP contribution in [0.2, 0.25) is 0 Å². The molecule has 3 amide bonds. The Bertz CT molecular complexity index is 879. The lowest BCUT2D eigenvalue weighted by Crippen LogP contribution is -3.14. The van der Waals surface area contributed by atoms with Gasteiger partial charge in [0.05, 0.1) is 12.6 Å². The molecule has 7 nitrogen and oxygen atoms in total. The van der Waals surface area contributed by atoms with Gasteiger partial charge in [0.2, 0.25) is 5.91 Å². The van der Waals surface area contributed by atoms with Crippen molar-refractivity contribution >= 4 is 29.1 Å². The molecular formula is C24H33N4O3+.